The van der Waals surface area contributed by atoms with Crippen LogP contribution < -0.4 is 5.32 Å². The normalized spacial score (nSPS) is 10.6. The summed E-state index contributed by atoms with van der Waals surface area (Å²) in [6.45, 7) is 1.78. The third kappa shape index (κ3) is 4.20. The molecule has 0 bridgehead atoms. The monoisotopic (exact) mass is 449 g/mol. The molecule has 0 spiro atoms. The van der Waals surface area contributed by atoms with Gasteiger partial charge in [-0.2, -0.15) is 0 Å². The van der Waals surface area contributed by atoms with Crippen LogP contribution in [-0.2, 0) is 4.79 Å². The number of halogens is 1. The minimum Gasteiger partial charge on any atom is -0.332 e. The molecule has 0 aliphatic rings. The zero-order valence-electron chi connectivity index (χ0n) is 14.2. The Balaban J connectivity index is 1.68. The Hall–Kier alpha value is -2.03. The van der Waals surface area contributed by atoms with Gasteiger partial charge in [0.05, 0.1) is 22.8 Å². The first-order valence-electron chi connectivity index (χ1n) is 7.77. The van der Waals surface area contributed by atoms with Crippen LogP contribution in [0.25, 0.3) is 9.88 Å². The molecule has 3 rings (SSSR count). The molecule has 2 amide bonds. The summed E-state index contributed by atoms with van der Waals surface area (Å²) in [5, 5.41) is 5.60. The molecule has 0 atom stereocenters. The molecule has 3 aromatic rings. The van der Waals surface area contributed by atoms with Gasteiger partial charge in [-0.3, -0.25) is 9.59 Å². The Labute approximate surface area is 167 Å². The molecule has 0 unspecified atom stereocenters. The zero-order chi connectivity index (χ0) is 18.7. The lowest BCUT2D eigenvalue weighted by molar-refractivity contribution is -0.116. The molecule has 5 nitrogen and oxygen atoms in total. The van der Waals surface area contributed by atoms with Crippen molar-refractivity contribution in [1.29, 1.82) is 0 Å². The minimum atomic E-state index is -0.256. The molecule has 0 aliphatic carbocycles. The van der Waals surface area contributed by atoms with E-state index in [1.54, 1.807) is 24.5 Å². The van der Waals surface area contributed by atoms with Gasteiger partial charge in [0.25, 0.3) is 5.91 Å². The van der Waals surface area contributed by atoms with Crippen LogP contribution in [0.2, 0.25) is 0 Å². The van der Waals surface area contributed by atoms with Gasteiger partial charge in [-0.25, -0.2) is 4.98 Å². The second-order valence-corrected chi connectivity index (χ2v) is 8.40. The van der Waals surface area contributed by atoms with E-state index in [4.69, 9.17) is 0 Å². The van der Waals surface area contributed by atoms with E-state index in [-0.39, 0.29) is 18.4 Å². The average molecular weight is 450 g/mol. The van der Waals surface area contributed by atoms with E-state index in [2.05, 4.69) is 26.2 Å². The number of anilines is 1. The van der Waals surface area contributed by atoms with Gasteiger partial charge >= 0.3 is 0 Å². The molecule has 0 saturated carbocycles. The van der Waals surface area contributed by atoms with E-state index in [1.807, 2.05) is 42.6 Å². The SMILES string of the molecule is Cc1nc(-c2cccs2)sc1C(=O)N(C)CC(=O)Nc1ccccc1Br. The second-order valence-electron chi connectivity index (χ2n) is 5.60. The van der Waals surface area contributed by atoms with E-state index in [0.29, 0.717) is 16.3 Å². The Morgan fingerprint density at radius 1 is 1.23 bits per heavy atom. The van der Waals surface area contributed by atoms with Gasteiger partial charge in [-0.1, -0.05) is 18.2 Å². The summed E-state index contributed by atoms with van der Waals surface area (Å²) >= 11 is 6.33. The molecular formula is C18H16BrN3O2S2. The van der Waals surface area contributed by atoms with Gasteiger partial charge in [0.15, 0.2) is 0 Å². The number of carbonyl (C=O) groups excluding carboxylic acids is 2. The Morgan fingerprint density at radius 2 is 2.00 bits per heavy atom. The number of hydrogen-bond acceptors (Lipinski definition) is 5. The number of nitrogens with one attached hydrogen (secondary N) is 1. The number of hydrogen-bond donors (Lipinski definition) is 1. The molecule has 2 aromatic heterocycles. The van der Waals surface area contributed by atoms with Crippen LogP contribution in [0.1, 0.15) is 15.4 Å². The number of amides is 2. The predicted octanol–water partition coefficient (Wildman–Crippen LogP) is 4.65. The molecule has 0 fully saturated rings. The molecule has 134 valence electrons. The van der Waals surface area contributed by atoms with Crippen LogP contribution in [0.4, 0.5) is 5.69 Å². The average Bonchev–Trinajstić information content (AvgIpc) is 3.25. The molecule has 1 aromatic carbocycles. The van der Waals surface area contributed by atoms with E-state index < -0.39 is 0 Å². The predicted molar refractivity (Wildman–Crippen MR) is 110 cm³/mol. The third-order valence-corrected chi connectivity index (χ3v) is 6.47. The topological polar surface area (TPSA) is 62.3 Å². The van der Waals surface area contributed by atoms with Crippen molar-refractivity contribution in [3.63, 3.8) is 0 Å². The third-order valence-electron chi connectivity index (χ3n) is 3.60. The number of para-hydroxylation sites is 1. The summed E-state index contributed by atoms with van der Waals surface area (Å²) in [6, 6.07) is 11.3. The van der Waals surface area contributed by atoms with E-state index >= 15 is 0 Å². The maximum atomic E-state index is 12.7. The standard InChI is InChI=1S/C18H16BrN3O2S2/c1-11-16(26-17(20-11)14-8-5-9-25-14)18(24)22(2)10-15(23)21-13-7-4-3-6-12(13)19/h3-9H,10H2,1-2H3,(H,21,23). The Morgan fingerprint density at radius 3 is 2.69 bits per heavy atom. The zero-order valence-corrected chi connectivity index (χ0v) is 17.4. The van der Waals surface area contributed by atoms with Crippen LogP contribution in [0.15, 0.2) is 46.3 Å². The lowest BCUT2D eigenvalue weighted by atomic mass is 10.3. The van der Waals surface area contributed by atoms with Crippen molar-refractivity contribution >= 4 is 56.1 Å². The number of likely N-dealkylation sites (N-methyl/N-ethyl adjacent to an activating group) is 1. The summed E-state index contributed by atoms with van der Waals surface area (Å²) in [4.78, 5) is 32.5. The molecule has 0 aliphatic heterocycles. The van der Waals surface area contributed by atoms with Crippen molar-refractivity contribution in [1.82, 2.24) is 9.88 Å². The maximum absolute atomic E-state index is 12.7. The summed E-state index contributed by atoms with van der Waals surface area (Å²) in [6.07, 6.45) is 0. The molecule has 0 radical (unpaired) electrons. The van der Waals surface area contributed by atoms with Gasteiger partial charge in [0.2, 0.25) is 5.91 Å². The van der Waals surface area contributed by atoms with Gasteiger partial charge in [-0.15, -0.1) is 22.7 Å². The Bertz CT molecular complexity index is 938. The first kappa shape index (κ1) is 18.8. The summed E-state index contributed by atoms with van der Waals surface area (Å²) in [5.41, 5.74) is 1.36. The minimum absolute atomic E-state index is 0.0359. The summed E-state index contributed by atoms with van der Waals surface area (Å²) in [7, 11) is 1.62. The van der Waals surface area contributed by atoms with Gasteiger partial charge < -0.3 is 10.2 Å². The van der Waals surface area contributed by atoms with Crippen molar-refractivity contribution in [2.24, 2.45) is 0 Å². The van der Waals surface area contributed by atoms with E-state index in [9.17, 15) is 9.59 Å². The molecular weight excluding hydrogens is 434 g/mol. The van der Waals surface area contributed by atoms with Crippen molar-refractivity contribution in [3.8, 4) is 9.88 Å². The van der Waals surface area contributed by atoms with Crippen molar-refractivity contribution < 1.29 is 9.59 Å². The van der Waals surface area contributed by atoms with Crippen molar-refractivity contribution in [3.05, 3.63) is 56.8 Å². The van der Waals surface area contributed by atoms with Gasteiger partial charge in [0, 0.05) is 11.5 Å². The number of benzene rings is 1. The quantitative estimate of drug-likeness (QED) is 0.616. The first-order chi connectivity index (χ1) is 12.5. The lowest BCUT2D eigenvalue weighted by Crippen LogP contribution is -2.34. The molecule has 0 saturated heterocycles. The highest BCUT2D eigenvalue weighted by atomic mass is 79.9. The number of nitrogens with zero attached hydrogens (tertiary/aromatic N) is 2. The van der Waals surface area contributed by atoms with Gasteiger partial charge in [0.1, 0.15) is 9.88 Å². The molecule has 2 heterocycles. The van der Waals surface area contributed by atoms with Crippen LogP contribution >= 0.6 is 38.6 Å². The largest absolute Gasteiger partial charge is 0.332 e. The van der Waals surface area contributed by atoms with Crippen LogP contribution in [0.3, 0.4) is 0 Å². The molecule has 8 heteroatoms. The number of carbonyl (C=O) groups is 2. The van der Waals surface area contributed by atoms with Crippen molar-refractivity contribution in [2.45, 2.75) is 6.92 Å². The Kier molecular flexibility index (Phi) is 5.85. The van der Waals surface area contributed by atoms with Crippen molar-refractivity contribution in [2.75, 3.05) is 18.9 Å². The molecule has 26 heavy (non-hydrogen) atoms. The fraction of sp³-hybridized carbons (Fsp3) is 0.167. The number of thiazole rings is 1. The highest BCUT2D eigenvalue weighted by molar-refractivity contribution is 9.10. The second kappa shape index (κ2) is 8.11. The maximum Gasteiger partial charge on any atom is 0.266 e. The van der Waals surface area contributed by atoms with Crippen LogP contribution in [-0.4, -0.2) is 35.3 Å². The highest BCUT2D eigenvalue weighted by Gasteiger charge is 2.21. The van der Waals surface area contributed by atoms with Crippen LogP contribution in [0, 0.1) is 6.92 Å². The first-order valence-corrected chi connectivity index (χ1v) is 10.3. The summed E-state index contributed by atoms with van der Waals surface area (Å²) < 4.78 is 0.793. The van der Waals surface area contributed by atoms with Gasteiger partial charge in [-0.05, 0) is 46.4 Å². The smallest absolute Gasteiger partial charge is 0.266 e. The number of aromatic nitrogens is 1. The molecule has 1 N–H and O–H groups in total. The lowest BCUT2D eigenvalue weighted by Gasteiger charge is -2.16. The number of thiophene rings is 1. The van der Waals surface area contributed by atoms with E-state index in [1.165, 1.54) is 16.2 Å². The summed E-state index contributed by atoms with van der Waals surface area (Å²) in [5.74, 6) is -0.460. The fourth-order valence-corrected chi connectivity index (χ4v) is 4.55. The van der Waals surface area contributed by atoms with E-state index in [0.717, 1.165) is 14.4 Å². The highest BCUT2D eigenvalue weighted by Crippen LogP contribution is 2.31. The fourth-order valence-electron chi connectivity index (χ4n) is 2.31. The number of rotatable bonds is 5. The number of aryl methyl sites for hydroxylation is 1. The van der Waals surface area contributed by atoms with Crippen LogP contribution in [0.5, 0.6) is 0 Å².